The lowest BCUT2D eigenvalue weighted by atomic mass is 9.99. The summed E-state index contributed by atoms with van der Waals surface area (Å²) in [5, 5.41) is 0. The van der Waals surface area contributed by atoms with Crippen LogP contribution < -0.4 is 0 Å². The smallest absolute Gasteiger partial charge is 0.206 e. The molecule has 0 spiro atoms. The Hall–Kier alpha value is -1.55. The largest absolute Gasteiger partial charge is 0.416 e. The fraction of sp³-hybridized carbons (Fsp3) is 0.143. The summed E-state index contributed by atoms with van der Waals surface area (Å²) in [5.41, 5.74) is 0.398. The molecule has 0 heterocycles. The SMILES string of the molecule is Fc1cccc(CCl)c1-c1ccc(C(F)(F)F)cc1. The Balaban J connectivity index is 2.49. The van der Waals surface area contributed by atoms with Crippen molar-refractivity contribution in [2.75, 3.05) is 0 Å². The third-order valence-corrected chi connectivity index (χ3v) is 3.03. The van der Waals surface area contributed by atoms with E-state index < -0.39 is 17.6 Å². The van der Waals surface area contributed by atoms with Crippen molar-refractivity contribution in [1.29, 1.82) is 0 Å². The average Bonchev–Trinajstić information content (AvgIpc) is 2.37. The Kier molecular flexibility index (Phi) is 3.80. The minimum atomic E-state index is -4.40. The van der Waals surface area contributed by atoms with Gasteiger partial charge in [0.05, 0.1) is 5.56 Å². The molecule has 0 bridgehead atoms. The van der Waals surface area contributed by atoms with E-state index in [1.165, 1.54) is 24.3 Å². The highest BCUT2D eigenvalue weighted by molar-refractivity contribution is 6.17. The van der Waals surface area contributed by atoms with Gasteiger partial charge in [-0.15, -0.1) is 11.6 Å². The third-order valence-electron chi connectivity index (χ3n) is 2.74. The monoisotopic (exact) mass is 288 g/mol. The first-order valence-electron chi connectivity index (χ1n) is 5.44. The van der Waals surface area contributed by atoms with Crippen molar-refractivity contribution >= 4 is 11.6 Å². The predicted molar refractivity (Wildman–Crippen MR) is 66.4 cm³/mol. The van der Waals surface area contributed by atoms with E-state index in [2.05, 4.69) is 0 Å². The molecule has 0 nitrogen and oxygen atoms in total. The van der Waals surface area contributed by atoms with E-state index in [-0.39, 0.29) is 11.4 Å². The standard InChI is InChI=1S/C14H9ClF4/c15-8-10-2-1-3-12(16)13(10)9-4-6-11(7-5-9)14(17,18)19/h1-7H,8H2. The molecule has 0 fully saturated rings. The fourth-order valence-electron chi connectivity index (χ4n) is 1.83. The van der Waals surface area contributed by atoms with Crippen molar-refractivity contribution in [1.82, 2.24) is 0 Å². The molecule has 2 rings (SSSR count). The highest BCUT2D eigenvalue weighted by atomic mass is 35.5. The zero-order valence-corrected chi connectivity index (χ0v) is 10.4. The summed E-state index contributed by atoms with van der Waals surface area (Å²) < 4.78 is 51.1. The second kappa shape index (κ2) is 5.21. The molecule has 5 heteroatoms. The van der Waals surface area contributed by atoms with Crippen LogP contribution in [0, 0.1) is 5.82 Å². The molecule has 2 aromatic rings. The molecule has 0 radical (unpaired) electrons. The maximum absolute atomic E-state index is 13.8. The third kappa shape index (κ3) is 2.89. The van der Waals surface area contributed by atoms with Crippen LogP contribution in [-0.2, 0) is 12.1 Å². The van der Waals surface area contributed by atoms with E-state index in [4.69, 9.17) is 11.6 Å². The van der Waals surface area contributed by atoms with Crippen LogP contribution in [0.3, 0.4) is 0 Å². The van der Waals surface area contributed by atoms with Crippen LogP contribution in [0.2, 0.25) is 0 Å². The van der Waals surface area contributed by atoms with Gasteiger partial charge in [-0.05, 0) is 29.3 Å². The number of rotatable bonds is 2. The molecular weight excluding hydrogens is 280 g/mol. The Morgan fingerprint density at radius 3 is 2.11 bits per heavy atom. The van der Waals surface area contributed by atoms with Gasteiger partial charge in [0.15, 0.2) is 0 Å². The number of hydrogen-bond donors (Lipinski definition) is 0. The van der Waals surface area contributed by atoms with Crippen LogP contribution >= 0.6 is 11.6 Å². The first kappa shape index (κ1) is 13.9. The van der Waals surface area contributed by atoms with Crippen LogP contribution in [0.25, 0.3) is 11.1 Å². The normalized spacial score (nSPS) is 11.6. The van der Waals surface area contributed by atoms with Crippen molar-refractivity contribution < 1.29 is 17.6 Å². The number of halogens is 5. The van der Waals surface area contributed by atoms with Crippen molar-refractivity contribution in [2.45, 2.75) is 12.1 Å². The molecule has 0 atom stereocenters. The van der Waals surface area contributed by atoms with Gasteiger partial charge in [0, 0.05) is 11.4 Å². The minimum Gasteiger partial charge on any atom is -0.206 e. The Morgan fingerprint density at radius 2 is 1.58 bits per heavy atom. The topological polar surface area (TPSA) is 0 Å². The second-order valence-corrected chi connectivity index (χ2v) is 4.25. The van der Waals surface area contributed by atoms with Crippen molar-refractivity contribution in [3.8, 4) is 11.1 Å². The lowest BCUT2D eigenvalue weighted by Gasteiger charge is -2.11. The quantitative estimate of drug-likeness (QED) is 0.523. The van der Waals surface area contributed by atoms with E-state index >= 15 is 0 Å². The van der Waals surface area contributed by atoms with E-state index in [1.54, 1.807) is 6.07 Å². The van der Waals surface area contributed by atoms with Gasteiger partial charge in [0.25, 0.3) is 0 Å². The van der Waals surface area contributed by atoms with E-state index in [9.17, 15) is 17.6 Å². The van der Waals surface area contributed by atoms with Crippen LogP contribution in [0.4, 0.5) is 17.6 Å². The van der Waals surface area contributed by atoms with Crippen LogP contribution in [0.5, 0.6) is 0 Å². The lowest BCUT2D eigenvalue weighted by Crippen LogP contribution is -2.04. The van der Waals surface area contributed by atoms with Crippen molar-refractivity contribution in [2.24, 2.45) is 0 Å². The second-order valence-electron chi connectivity index (χ2n) is 3.98. The number of alkyl halides is 4. The summed E-state index contributed by atoms with van der Waals surface area (Å²) in [6.07, 6.45) is -4.40. The van der Waals surface area contributed by atoms with Gasteiger partial charge in [-0.25, -0.2) is 4.39 Å². The summed E-state index contributed by atoms with van der Waals surface area (Å²) >= 11 is 5.71. The molecule has 0 saturated carbocycles. The summed E-state index contributed by atoms with van der Waals surface area (Å²) in [5.74, 6) is -0.411. The highest BCUT2D eigenvalue weighted by Crippen LogP contribution is 2.33. The molecule has 0 aliphatic carbocycles. The van der Waals surface area contributed by atoms with E-state index in [1.807, 2.05) is 0 Å². The summed E-state index contributed by atoms with van der Waals surface area (Å²) in [6, 6.07) is 8.76. The van der Waals surface area contributed by atoms with Crippen molar-refractivity contribution in [3.63, 3.8) is 0 Å². The molecule has 0 saturated heterocycles. The molecule has 2 aromatic carbocycles. The van der Waals surface area contributed by atoms with E-state index in [0.717, 1.165) is 12.1 Å². The van der Waals surface area contributed by atoms with Gasteiger partial charge < -0.3 is 0 Å². The van der Waals surface area contributed by atoms with Crippen LogP contribution in [-0.4, -0.2) is 0 Å². The van der Waals surface area contributed by atoms with Gasteiger partial charge in [-0.1, -0.05) is 24.3 Å². The molecule has 0 aliphatic rings. The van der Waals surface area contributed by atoms with Crippen LogP contribution in [0.15, 0.2) is 42.5 Å². The van der Waals surface area contributed by atoms with Crippen LogP contribution in [0.1, 0.15) is 11.1 Å². The van der Waals surface area contributed by atoms with Gasteiger partial charge in [0.1, 0.15) is 5.82 Å². The number of hydrogen-bond acceptors (Lipinski definition) is 0. The average molecular weight is 289 g/mol. The molecule has 0 unspecified atom stereocenters. The molecular formula is C14H9ClF4. The maximum Gasteiger partial charge on any atom is 0.416 e. The highest BCUT2D eigenvalue weighted by Gasteiger charge is 2.30. The molecule has 0 amide bonds. The minimum absolute atomic E-state index is 0.0914. The van der Waals surface area contributed by atoms with Gasteiger partial charge >= 0.3 is 6.18 Å². The van der Waals surface area contributed by atoms with Gasteiger partial charge in [0.2, 0.25) is 0 Å². The molecule has 19 heavy (non-hydrogen) atoms. The Labute approximate surface area is 112 Å². The predicted octanol–water partition coefficient (Wildman–Crippen LogP) is 5.25. The summed E-state index contributed by atoms with van der Waals surface area (Å²) in [4.78, 5) is 0. The fourth-order valence-corrected chi connectivity index (χ4v) is 2.05. The first-order chi connectivity index (χ1) is 8.93. The zero-order chi connectivity index (χ0) is 14.0. The molecule has 100 valence electrons. The maximum atomic E-state index is 13.8. The molecule has 0 aliphatic heterocycles. The zero-order valence-electron chi connectivity index (χ0n) is 9.64. The van der Waals surface area contributed by atoms with Crippen molar-refractivity contribution in [3.05, 3.63) is 59.4 Å². The molecule has 0 aromatic heterocycles. The molecule has 0 N–H and O–H groups in total. The lowest BCUT2D eigenvalue weighted by molar-refractivity contribution is -0.137. The van der Waals surface area contributed by atoms with E-state index in [0.29, 0.717) is 11.1 Å². The Bertz CT molecular complexity index is 573. The summed E-state index contributed by atoms with van der Waals surface area (Å²) in [7, 11) is 0. The summed E-state index contributed by atoms with van der Waals surface area (Å²) in [6.45, 7) is 0. The first-order valence-corrected chi connectivity index (χ1v) is 5.98. The number of benzene rings is 2. The Morgan fingerprint density at radius 1 is 0.947 bits per heavy atom. The van der Waals surface area contributed by atoms with Gasteiger partial charge in [-0.3, -0.25) is 0 Å². The van der Waals surface area contributed by atoms with Gasteiger partial charge in [-0.2, -0.15) is 13.2 Å².